The van der Waals surface area contributed by atoms with Crippen LogP contribution in [-0.4, -0.2) is 53.8 Å². The fraction of sp³-hybridized carbons (Fsp3) is 0.923. The van der Waals surface area contributed by atoms with Gasteiger partial charge >= 0.3 is 6.03 Å². The number of piperidine rings is 1. The molecule has 1 unspecified atom stereocenters. The molecule has 0 radical (unpaired) electrons. The Kier molecular flexibility index (Phi) is 6.29. The van der Waals surface area contributed by atoms with Gasteiger partial charge in [-0.25, -0.2) is 4.79 Å². The lowest BCUT2D eigenvalue weighted by Crippen LogP contribution is -2.50. The summed E-state index contributed by atoms with van der Waals surface area (Å²) in [4.78, 5) is 13.9. The van der Waals surface area contributed by atoms with Crippen LogP contribution in [0, 0.1) is 5.41 Å². The first-order valence-electron chi connectivity index (χ1n) is 6.72. The number of aliphatic hydroxyl groups is 1. The van der Waals surface area contributed by atoms with Gasteiger partial charge in [-0.2, -0.15) is 11.8 Å². The lowest BCUT2D eigenvalue weighted by atomic mass is 9.77. The Bertz CT molecular complexity index is 260. The highest BCUT2D eigenvalue weighted by Crippen LogP contribution is 2.34. The molecule has 5 heteroatoms. The molecule has 0 spiro atoms. The van der Waals surface area contributed by atoms with Crippen LogP contribution >= 0.6 is 11.8 Å². The van der Waals surface area contributed by atoms with Crippen molar-refractivity contribution in [1.82, 2.24) is 10.2 Å². The van der Waals surface area contributed by atoms with Gasteiger partial charge in [-0.15, -0.1) is 0 Å². The number of nitrogens with one attached hydrogen (secondary N) is 1. The summed E-state index contributed by atoms with van der Waals surface area (Å²) < 4.78 is 0. The Labute approximate surface area is 115 Å². The van der Waals surface area contributed by atoms with Gasteiger partial charge in [0.2, 0.25) is 0 Å². The van der Waals surface area contributed by atoms with Crippen molar-refractivity contribution in [3.8, 4) is 0 Å². The third-order valence-electron chi connectivity index (χ3n) is 3.98. The molecule has 106 valence electrons. The lowest BCUT2D eigenvalue weighted by Gasteiger charge is -2.40. The van der Waals surface area contributed by atoms with Crippen molar-refractivity contribution < 1.29 is 9.90 Å². The number of hydrogen-bond donors (Lipinski definition) is 2. The van der Waals surface area contributed by atoms with Crippen molar-refractivity contribution in [2.24, 2.45) is 5.41 Å². The van der Waals surface area contributed by atoms with Gasteiger partial charge in [0.25, 0.3) is 0 Å². The van der Waals surface area contributed by atoms with Gasteiger partial charge in [0.05, 0.1) is 0 Å². The number of likely N-dealkylation sites (tertiary alicyclic amines) is 1. The number of carbonyl (C=O) groups excluding carboxylic acids is 1. The number of thioether (sulfide) groups is 1. The fourth-order valence-corrected chi connectivity index (χ4v) is 2.98. The highest BCUT2D eigenvalue weighted by atomic mass is 32.2. The second-order valence-corrected chi connectivity index (χ2v) is 6.22. The first-order chi connectivity index (χ1) is 8.56. The summed E-state index contributed by atoms with van der Waals surface area (Å²) in [7, 11) is 0. The topological polar surface area (TPSA) is 52.6 Å². The smallest absolute Gasteiger partial charge is 0.317 e. The largest absolute Gasteiger partial charge is 0.396 e. The van der Waals surface area contributed by atoms with Gasteiger partial charge in [0.1, 0.15) is 0 Å². The Morgan fingerprint density at radius 3 is 2.56 bits per heavy atom. The minimum absolute atomic E-state index is 0.0409. The Morgan fingerprint density at radius 2 is 2.11 bits per heavy atom. The van der Waals surface area contributed by atoms with E-state index >= 15 is 0 Å². The molecule has 0 aromatic heterocycles. The molecule has 1 aliphatic heterocycles. The van der Waals surface area contributed by atoms with Crippen LogP contribution in [0.2, 0.25) is 0 Å². The molecule has 0 saturated carbocycles. The van der Waals surface area contributed by atoms with E-state index in [1.807, 2.05) is 18.1 Å². The van der Waals surface area contributed by atoms with E-state index in [2.05, 4.69) is 12.2 Å². The lowest BCUT2D eigenvalue weighted by molar-refractivity contribution is 0.0517. The number of aliphatic hydroxyl groups excluding tert-OH is 1. The van der Waals surface area contributed by atoms with Crippen LogP contribution in [0.5, 0.6) is 0 Å². The average molecular weight is 274 g/mol. The quantitative estimate of drug-likeness (QED) is 0.805. The molecule has 0 aliphatic carbocycles. The van der Waals surface area contributed by atoms with Crippen LogP contribution in [0.3, 0.4) is 0 Å². The Balaban J connectivity index is 2.40. The molecular weight excluding hydrogens is 248 g/mol. The van der Waals surface area contributed by atoms with Gasteiger partial charge < -0.3 is 15.3 Å². The molecule has 0 aromatic carbocycles. The van der Waals surface area contributed by atoms with E-state index in [1.54, 1.807) is 11.8 Å². The molecule has 1 heterocycles. The molecule has 1 aliphatic rings. The molecule has 1 fully saturated rings. The zero-order valence-corrected chi connectivity index (χ0v) is 12.6. The number of nitrogens with zero attached hydrogens (tertiary/aromatic N) is 1. The van der Waals surface area contributed by atoms with E-state index in [-0.39, 0.29) is 24.1 Å². The molecule has 2 amide bonds. The predicted molar refractivity (Wildman–Crippen MR) is 77.0 cm³/mol. The van der Waals surface area contributed by atoms with Crippen LogP contribution in [0.4, 0.5) is 4.79 Å². The first-order valence-corrected chi connectivity index (χ1v) is 8.11. The third-order valence-corrected chi connectivity index (χ3v) is 4.82. The summed E-state index contributed by atoms with van der Waals surface area (Å²) in [5.41, 5.74) is 0.0433. The van der Waals surface area contributed by atoms with Gasteiger partial charge in [0.15, 0.2) is 0 Å². The molecule has 0 aromatic rings. The van der Waals surface area contributed by atoms with Crippen LogP contribution in [0.25, 0.3) is 0 Å². The minimum atomic E-state index is 0.0409. The fourth-order valence-electron chi connectivity index (χ4n) is 2.40. The molecule has 4 nitrogen and oxygen atoms in total. The van der Waals surface area contributed by atoms with Crippen molar-refractivity contribution in [2.45, 2.75) is 39.2 Å². The van der Waals surface area contributed by atoms with E-state index in [1.165, 1.54) is 0 Å². The summed E-state index contributed by atoms with van der Waals surface area (Å²) in [5, 5.41) is 12.5. The maximum atomic E-state index is 12.0. The minimum Gasteiger partial charge on any atom is -0.396 e. The summed E-state index contributed by atoms with van der Waals surface area (Å²) >= 11 is 1.74. The van der Waals surface area contributed by atoms with E-state index in [4.69, 9.17) is 0 Å². The highest BCUT2D eigenvalue weighted by molar-refractivity contribution is 7.98. The van der Waals surface area contributed by atoms with Crippen molar-refractivity contribution in [3.63, 3.8) is 0 Å². The summed E-state index contributed by atoms with van der Waals surface area (Å²) in [5.74, 6) is 0.940. The normalized spacial score (nSPS) is 20.6. The molecule has 1 rings (SSSR count). The van der Waals surface area contributed by atoms with Crippen molar-refractivity contribution >= 4 is 17.8 Å². The second kappa shape index (κ2) is 7.24. The molecule has 2 N–H and O–H groups in total. The summed E-state index contributed by atoms with van der Waals surface area (Å²) in [6.07, 6.45) is 4.84. The number of amides is 2. The third kappa shape index (κ3) is 4.05. The molecule has 1 saturated heterocycles. The van der Waals surface area contributed by atoms with Gasteiger partial charge in [-0.3, -0.25) is 0 Å². The van der Waals surface area contributed by atoms with Crippen LogP contribution in [-0.2, 0) is 0 Å². The maximum Gasteiger partial charge on any atom is 0.317 e. The summed E-state index contributed by atoms with van der Waals surface area (Å²) in [6, 6.07) is 0.252. The van der Waals surface area contributed by atoms with Crippen molar-refractivity contribution in [3.05, 3.63) is 0 Å². The van der Waals surface area contributed by atoms with Crippen molar-refractivity contribution in [1.29, 1.82) is 0 Å². The number of hydrogen-bond acceptors (Lipinski definition) is 3. The van der Waals surface area contributed by atoms with Gasteiger partial charge in [-0.1, -0.05) is 6.92 Å². The highest BCUT2D eigenvalue weighted by Gasteiger charge is 2.33. The molecular formula is C13H26N2O2S. The van der Waals surface area contributed by atoms with Crippen LogP contribution in [0.15, 0.2) is 0 Å². The first kappa shape index (κ1) is 15.6. The average Bonchev–Trinajstić information content (AvgIpc) is 2.39. The van der Waals surface area contributed by atoms with E-state index in [9.17, 15) is 9.90 Å². The van der Waals surface area contributed by atoms with Gasteiger partial charge in [-0.05, 0) is 37.9 Å². The van der Waals surface area contributed by atoms with E-state index in [0.717, 1.165) is 38.1 Å². The van der Waals surface area contributed by atoms with Gasteiger partial charge in [0, 0.05) is 31.5 Å². The van der Waals surface area contributed by atoms with Crippen molar-refractivity contribution in [2.75, 3.05) is 31.7 Å². The molecule has 0 bridgehead atoms. The number of rotatable bonds is 5. The second-order valence-electron chi connectivity index (χ2n) is 5.30. The van der Waals surface area contributed by atoms with Crippen LogP contribution in [0.1, 0.15) is 33.1 Å². The van der Waals surface area contributed by atoms with E-state index < -0.39 is 0 Å². The number of carbonyl (C=O) groups is 1. The monoisotopic (exact) mass is 274 g/mol. The molecule has 1 atom stereocenters. The predicted octanol–water partition coefficient (Wildman–Crippen LogP) is 1.93. The Morgan fingerprint density at radius 1 is 1.50 bits per heavy atom. The standard InChI is InChI=1S/C13H26N2O2S/c1-4-13(10-16)5-7-15(8-6-13)12(17)14-11(2)9-18-3/h11,16H,4-10H2,1-3H3,(H,14,17). The van der Waals surface area contributed by atoms with Crippen LogP contribution < -0.4 is 5.32 Å². The zero-order valence-electron chi connectivity index (χ0n) is 11.7. The summed E-state index contributed by atoms with van der Waals surface area (Å²) in [6.45, 7) is 5.90. The van der Waals surface area contributed by atoms with E-state index in [0.29, 0.717) is 0 Å². The zero-order chi connectivity index (χ0) is 13.6. The SMILES string of the molecule is CCC1(CO)CCN(C(=O)NC(C)CSC)CC1. The number of urea groups is 1. The Hall–Kier alpha value is -0.420. The maximum absolute atomic E-state index is 12.0. The molecule has 18 heavy (non-hydrogen) atoms.